The van der Waals surface area contributed by atoms with E-state index in [-0.39, 0.29) is 12.1 Å². The number of ether oxygens (including phenoxy) is 1. The third-order valence-electron chi connectivity index (χ3n) is 3.71. The maximum absolute atomic E-state index is 14.1. The fourth-order valence-corrected chi connectivity index (χ4v) is 2.59. The summed E-state index contributed by atoms with van der Waals surface area (Å²) in [5.41, 5.74) is 0.379. The summed E-state index contributed by atoms with van der Waals surface area (Å²) in [4.78, 5) is 0. The first-order chi connectivity index (χ1) is 9.69. The summed E-state index contributed by atoms with van der Waals surface area (Å²) < 4.78 is 33.4. The molecule has 1 aromatic carbocycles. The van der Waals surface area contributed by atoms with Crippen LogP contribution in [-0.4, -0.2) is 19.3 Å². The van der Waals surface area contributed by atoms with E-state index in [2.05, 4.69) is 12.2 Å². The molecule has 0 aromatic heterocycles. The molecule has 4 heteroatoms. The summed E-state index contributed by atoms with van der Waals surface area (Å²) in [7, 11) is 0. The molecule has 0 bridgehead atoms. The van der Waals surface area contributed by atoms with Crippen molar-refractivity contribution in [1.29, 1.82) is 0 Å². The van der Waals surface area contributed by atoms with Crippen molar-refractivity contribution in [3.8, 4) is 0 Å². The van der Waals surface area contributed by atoms with E-state index < -0.39 is 11.6 Å². The van der Waals surface area contributed by atoms with Gasteiger partial charge in [-0.2, -0.15) is 0 Å². The maximum atomic E-state index is 14.1. The molecular weight excluding hydrogens is 260 g/mol. The summed E-state index contributed by atoms with van der Waals surface area (Å²) in [5.74, 6) is -1.10. The summed E-state index contributed by atoms with van der Waals surface area (Å²) in [6.07, 6.45) is 3.07. The molecule has 2 rings (SSSR count). The molecule has 1 aromatic rings. The van der Waals surface area contributed by atoms with Crippen molar-refractivity contribution in [1.82, 2.24) is 5.32 Å². The number of hydrogen-bond donors (Lipinski definition) is 1. The predicted octanol–water partition coefficient (Wildman–Crippen LogP) is 3.82. The molecule has 1 N–H and O–H groups in total. The zero-order valence-electron chi connectivity index (χ0n) is 12.2. The van der Waals surface area contributed by atoms with Gasteiger partial charge in [-0.3, -0.25) is 0 Å². The van der Waals surface area contributed by atoms with Crippen LogP contribution in [0.2, 0.25) is 0 Å². The standard InChI is InChI=1S/C16H23F2NO/c1-3-10-19-15(16(20-4-2)11-8-9-11)12-6-5-7-13(17)14(12)18/h5-7,11,15-16,19H,3-4,8-10H2,1-2H3. The molecule has 0 spiro atoms. The van der Waals surface area contributed by atoms with Gasteiger partial charge in [-0.25, -0.2) is 8.78 Å². The monoisotopic (exact) mass is 283 g/mol. The summed E-state index contributed by atoms with van der Waals surface area (Å²) in [5, 5.41) is 3.33. The van der Waals surface area contributed by atoms with Gasteiger partial charge in [0.05, 0.1) is 12.1 Å². The first kappa shape index (κ1) is 15.4. The van der Waals surface area contributed by atoms with Crippen LogP contribution in [0.1, 0.15) is 44.7 Å². The largest absolute Gasteiger partial charge is 0.376 e. The summed E-state index contributed by atoms with van der Waals surface area (Å²) >= 11 is 0. The van der Waals surface area contributed by atoms with E-state index in [9.17, 15) is 8.78 Å². The number of benzene rings is 1. The van der Waals surface area contributed by atoms with Gasteiger partial charge in [0.2, 0.25) is 0 Å². The van der Waals surface area contributed by atoms with Crippen molar-refractivity contribution >= 4 is 0 Å². The molecule has 0 radical (unpaired) electrons. The lowest BCUT2D eigenvalue weighted by molar-refractivity contribution is 0.0176. The average Bonchev–Trinajstić information content (AvgIpc) is 3.26. The maximum Gasteiger partial charge on any atom is 0.163 e. The molecule has 0 amide bonds. The molecule has 2 unspecified atom stereocenters. The number of rotatable bonds is 8. The highest BCUT2D eigenvalue weighted by molar-refractivity contribution is 5.24. The van der Waals surface area contributed by atoms with Gasteiger partial charge in [-0.05, 0) is 44.7 Å². The second-order valence-corrected chi connectivity index (χ2v) is 5.33. The molecular formula is C16H23F2NO. The van der Waals surface area contributed by atoms with Gasteiger partial charge in [0.1, 0.15) is 0 Å². The Morgan fingerprint density at radius 2 is 2.05 bits per heavy atom. The predicted molar refractivity (Wildman–Crippen MR) is 75.5 cm³/mol. The van der Waals surface area contributed by atoms with Crippen LogP contribution in [0.3, 0.4) is 0 Å². The minimum absolute atomic E-state index is 0.0807. The van der Waals surface area contributed by atoms with Crippen molar-refractivity contribution in [2.75, 3.05) is 13.2 Å². The normalized spacial score (nSPS) is 18.0. The molecule has 1 fully saturated rings. The number of halogens is 2. The lowest BCUT2D eigenvalue weighted by Gasteiger charge is -2.29. The highest BCUT2D eigenvalue weighted by Crippen LogP contribution is 2.40. The van der Waals surface area contributed by atoms with Gasteiger partial charge in [0.15, 0.2) is 11.6 Å². The van der Waals surface area contributed by atoms with Crippen LogP contribution in [0.15, 0.2) is 18.2 Å². The van der Waals surface area contributed by atoms with Crippen LogP contribution in [-0.2, 0) is 4.74 Å². The minimum Gasteiger partial charge on any atom is -0.376 e. The van der Waals surface area contributed by atoms with Crippen molar-refractivity contribution < 1.29 is 13.5 Å². The Balaban J connectivity index is 2.27. The molecule has 1 aliphatic carbocycles. The summed E-state index contributed by atoms with van der Waals surface area (Å²) in [6, 6.07) is 4.09. The fourth-order valence-electron chi connectivity index (χ4n) is 2.59. The second-order valence-electron chi connectivity index (χ2n) is 5.33. The van der Waals surface area contributed by atoms with Crippen LogP contribution in [0, 0.1) is 17.6 Å². The molecule has 112 valence electrons. The minimum atomic E-state index is -0.795. The van der Waals surface area contributed by atoms with E-state index in [1.807, 2.05) is 6.92 Å². The number of hydrogen-bond acceptors (Lipinski definition) is 2. The molecule has 1 aliphatic rings. The van der Waals surface area contributed by atoms with Crippen LogP contribution in [0.5, 0.6) is 0 Å². The Bertz CT molecular complexity index is 434. The highest BCUT2D eigenvalue weighted by Gasteiger charge is 2.38. The Kier molecular flexibility index (Phi) is 5.49. The summed E-state index contributed by atoms with van der Waals surface area (Å²) in [6.45, 7) is 5.34. The topological polar surface area (TPSA) is 21.3 Å². The SMILES string of the molecule is CCCNC(c1cccc(F)c1F)C(OCC)C1CC1. The second kappa shape index (κ2) is 7.14. The number of nitrogens with one attached hydrogen (secondary N) is 1. The van der Waals surface area contributed by atoms with Crippen molar-refractivity contribution in [3.63, 3.8) is 0 Å². The van der Waals surface area contributed by atoms with Crippen LogP contribution < -0.4 is 5.32 Å². The molecule has 0 saturated heterocycles. The highest BCUT2D eigenvalue weighted by atomic mass is 19.2. The van der Waals surface area contributed by atoms with Crippen molar-refractivity contribution in [2.24, 2.45) is 5.92 Å². The Morgan fingerprint density at radius 3 is 2.65 bits per heavy atom. The first-order valence-electron chi connectivity index (χ1n) is 7.47. The molecule has 0 aliphatic heterocycles. The lowest BCUT2D eigenvalue weighted by atomic mass is 9.97. The van der Waals surface area contributed by atoms with E-state index in [4.69, 9.17) is 4.74 Å². The van der Waals surface area contributed by atoms with Crippen molar-refractivity contribution in [2.45, 2.75) is 45.3 Å². The van der Waals surface area contributed by atoms with Crippen LogP contribution in [0.4, 0.5) is 8.78 Å². The van der Waals surface area contributed by atoms with Gasteiger partial charge in [0, 0.05) is 12.2 Å². The van der Waals surface area contributed by atoms with E-state index >= 15 is 0 Å². The van der Waals surface area contributed by atoms with E-state index in [0.29, 0.717) is 18.1 Å². The fraction of sp³-hybridized carbons (Fsp3) is 0.625. The van der Waals surface area contributed by atoms with Crippen LogP contribution >= 0.6 is 0 Å². The Labute approximate surface area is 119 Å². The first-order valence-corrected chi connectivity index (χ1v) is 7.47. The van der Waals surface area contributed by atoms with Gasteiger partial charge in [0.25, 0.3) is 0 Å². The Hall–Kier alpha value is -1.00. The molecule has 2 atom stereocenters. The van der Waals surface area contributed by atoms with Crippen molar-refractivity contribution in [3.05, 3.63) is 35.4 Å². The zero-order valence-corrected chi connectivity index (χ0v) is 12.2. The van der Waals surface area contributed by atoms with Gasteiger partial charge in [-0.1, -0.05) is 19.1 Å². The van der Waals surface area contributed by atoms with Gasteiger partial charge in [-0.15, -0.1) is 0 Å². The van der Waals surface area contributed by atoms with E-state index in [0.717, 1.165) is 31.9 Å². The molecule has 0 heterocycles. The lowest BCUT2D eigenvalue weighted by Crippen LogP contribution is -2.36. The molecule has 20 heavy (non-hydrogen) atoms. The van der Waals surface area contributed by atoms with Gasteiger partial charge < -0.3 is 10.1 Å². The van der Waals surface area contributed by atoms with Crippen LogP contribution in [0.25, 0.3) is 0 Å². The van der Waals surface area contributed by atoms with E-state index in [1.54, 1.807) is 12.1 Å². The third-order valence-corrected chi connectivity index (χ3v) is 3.71. The molecule has 2 nitrogen and oxygen atoms in total. The zero-order chi connectivity index (χ0) is 14.5. The smallest absolute Gasteiger partial charge is 0.163 e. The quantitative estimate of drug-likeness (QED) is 0.783. The third kappa shape index (κ3) is 3.55. The molecule has 1 saturated carbocycles. The van der Waals surface area contributed by atoms with Gasteiger partial charge >= 0.3 is 0 Å². The van der Waals surface area contributed by atoms with E-state index in [1.165, 1.54) is 0 Å². The average molecular weight is 283 g/mol. The Morgan fingerprint density at radius 1 is 1.30 bits per heavy atom.